The summed E-state index contributed by atoms with van der Waals surface area (Å²) in [5, 5.41) is 13.3. The summed E-state index contributed by atoms with van der Waals surface area (Å²) in [7, 11) is 1.65. The predicted octanol–water partition coefficient (Wildman–Crippen LogP) is 3.17. The van der Waals surface area contributed by atoms with E-state index in [-0.39, 0.29) is 12.1 Å². The second-order valence-corrected chi connectivity index (χ2v) is 5.40. The number of benzene rings is 1. The Labute approximate surface area is 110 Å². The molecule has 0 amide bonds. The molecule has 0 heterocycles. The van der Waals surface area contributed by atoms with Gasteiger partial charge in [-0.15, -0.1) is 0 Å². The Balaban J connectivity index is 2.09. The van der Waals surface area contributed by atoms with Crippen LogP contribution in [-0.2, 0) is 0 Å². The molecule has 0 spiro atoms. The van der Waals surface area contributed by atoms with E-state index in [0.29, 0.717) is 0 Å². The number of halogens is 1. The van der Waals surface area contributed by atoms with E-state index >= 15 is 0 Å². The van der Waals surface area contributed by atoms with Crippen molar-refractivity contribution in [2.24, 2.45) is 0 Å². The molecule has 0 radical (unpaired) electrons. The number of nitrogens with one attached hydrogen (secondary N) is 1. The van der Waals surface area contributed by atoms with E-state index in [1.54, 1.807) is 7.11 Å². The van der Waals surface area contributed by atoms with Crippen molar-refractivity contribution in [2.75, 3.05) is 12.4 Å². The lowest BCUT2D eigenvalue weighted by molar-refractivity contribution is 0.116. The minimum atomic E-state index is -0.242. The van der Waals surface area contributed by atoms with Crippen LogP contribution >= 0.6 is 15.9 Å². The molecule has 0 saturated heterocycles. The van der Waals surface area contributed by atoms with Gasteiger partial charge in [-0.25, -0.2) is 0 Å². The number of methoxy groups -OCH3 is 1. The van der Waals surface area contributed by atoms with Crippen molar-refractivity contribution < 1.29 is 9.84 Å². The minimum Gasteiger partial charge on any atom is -0.497 e. The molecule has 17 heavy (non-hydrogen) atoms. The molecule has 0 unspecified atom stereocenters. The van der Waals surface area contributed by atoms with Crippen LogP contribution in [0.5, 0.6) is 5.75 Å². The maximum absolute atomic E-state index is 9.92. The third kappa shape index (κ3) is 3.36. The van der Waals surface area contributed by atoms with Gasteiger partial charge in [-0.2, -0.15) is 0 Å². The van der Waals surface area contributed by atoms with Gasteiger partial charge in [0.05, 0.1) is 19.3 Å². The van der Waals surface area contributed by atoms with E-state index in [2.05, 4.69) is 21.2 Å². The van der Waals surface area contributed by atoms with Crippen molar-refractivity contribution in [2.45, 2.75) is 37.8 Å². The Morgan fingerprint density at radius 2 is 2.06 bits per heavy atom. The smallest absolute Gasteiger partial charge is 0.122 e. The largest absolute Gasteiger partial charge is 0.497 e. The molecule has 0 bridgehead atoms. The number of hydrogen-bond acceptors (Lipinski definition) is 3. The Kier molecular flexibility index (Phi) is 4.29. The summed E-state index contributed by atoms with van der Waals surface area (Å²) in [4.78, 5) is 0. The third-order valence-corrected chi connectivity index (χ3v) is 3.65. The second-order valence-electron chi connectivity index (χ2n) is 4.48. The number of aliphatic hydroxyl groups is 1. The summed E-state index contributed by atoms with van der Waals surface area (Å²) in [6.45, 7) is 0. The molecule has 2 atom stereocenters. The van der Waals surface area contributed by atoms with Gasteiger partial charge in [-0.3, -0.25) is 0 Å². The van der Waals surface area contributed by atoms with Gasteiger partial charge in [0.25, 0.3) is 0 Å². The van der Waals surface area contributed by atoms with Crippen LogP contribution in [0.25, 0.3) is 0 Å². The highest BCUT2D eigenvalue weighted by atomic mass is 79.9. The number of aliphatic hydroxyl groups excluding tert-OH is 1. The van der Waals surface area contributed by atoms with Gasteiger partial charge in [0, 0.05) is 16.2 Å². The molecule has 1 fully saturated rings. The van der Waals surface area contributed by atoms with Crippen LogP contribution in [0.3, 0.4) is 0 Å². The standard InChI is InChI=1S/C13H18BrNO2/c1-17-11-7-9(14)6-10(8-11)15-12-4-2-3-5-13(12)16/h6-8,12-13,15-16H,2-5H2,1H3/t12-,13-/m1/s1. The SMILES string of the molecule is COc1cc(Br)cc(N[C@@H]2CCCC[C@H]2O)c1. The summed E-state index contributed by atoms with van der Waals surface area (Å²) in [5.41, 5.74) is 0.988. The van der Waals surface area contributed by atoms with Crippen LogP contribution in [-0.4, -0.2) is 24.4 Å². The van der Waals surface area contributed by atoms with Crippen molar-refractivity contribution in [1.29, 1.82) is 0 Å². The average Bonchev–Trinajstić information content (AvgIpc) is 2.31. The molecule has 94 valence electrons. The molecule has 1 saturated carbocycles. The van der Waals surface area contributed by atoms with Gasteiger partial charge in [0.2, 0.25) is 0 Å². The quantitative estimate of drug-likeness (QED) is 0.901. The average molecular weight is 300 g/mol. The number of hydrogen-bond donors (Lipinski definition) is 2. The van der Waals surface area contributed by atoms with Gasteiger partial charge >= 0.3 is 0 Å². The summed E-state index contributed by atoms with van der Waals surface area (Å²) in [6, 6.07) is 6.03. The molecule has 2 N–H and O–H groups in total. The van der Waals surface area contributed by atoms with Crippen molar-refractivity contribution in [1.82, 2.24) is 0 Å². The lowest BCUT2D eigenvalue weighted by Crippen LogP contribution is -2.36. The molecule has 1 aliphatic carbocycles. The fraction of sp³-hybridized carbons (Fsp3) is 0.538. The van der Waals surface area contributed by atoms with Crippen molar-refractivity contribution in [3.8, 4) is 5.75 Å². The molecule has 1 aliphatic rings. The van der Waals surface area contributed by atoms with Crippen molar-refractivity contribution in [3.63, 3.8) is 0 Å². The second kappa shape index (κ2) is 5.74. The van der Waals surface area contributed by atoms with E-state index in [0.717, 1.165) is 35.2 Å². The monoisotopic (exact) mass is 299 g/mol. The van der Waals surface area contributed by atoms with Crippen LogP contribution in [0.1, 0.15) is 25.7 Å². The van der Waals surface area contributed by atoms with Crippen LogP contribution in [0.15, 0.2) is 22.7 Å². The minimum absolute atomic E-state index is 0.155. The fourth-order valence-corrected chi connectivity index (χ4v) is 2.73. The Bertz CT molecular complexity index is 384. The molecule has 1 aromatic carbocycles. The van der Waals surface area contributed by atoms with Gasteiger partial charge in [-0.05, 0) is 25.0 Å². The zero-order chi connectivity index (χ0) is 12.3. The molecule has 3 nitrogen and oxygen atoms in total. The van der Waals surface area contributed by atoms with E-state index in [9.17, 15) is 5.11 Å². The number of ether oxygens (including phenoxy) is 1. The zero-order valence-electron chi connectivity index (χ0n) is 9.95. The number of anilines is 1. The van der Waals surface area contributed by atoms with E-state index in [1.807, 2.05) is 18.2 Å². The summed E-state index contributed by atoms with van der Waals surface area (Å²) in [5.74, 6) is 0.812. The predicted molar refractivity (Wildman–Crippen MR) is 72.6 cm³/mol. The summed E-state index contributed by atoms with van der Waals surface area (Å²) < 4.78 is 6.20. The maximum Gasteiger partial charge on any atom is 0.122 e. The molecular weight excluding hydrogens is 282 g/mol. The van der Waals surface area contributed by atoms with Gasteiger partial charge < -0.3 is 15.2 Å². The first-order valence-corrected chi connectivity index (χ1v) is 6.77. The highest BCUT2D eigenvalue weighted by Crippen LogP contribution is 2.27. The highest BCUT2D eigenvalue weighted by Gasteiger charge is 2.22. The molecule has 0 aliphatic heterocycles. The van der Waals surface area contributed by atoms with Crippen LogP contribution < -0.4 is 10.1 Å². The number of rotatable bonds is 3. The molecule has 0 aromatic heterocycles. The lowest BCUT2D eigenvalue weighted by atomic mass is 9.92. The fourth-order valence-electron chi connectivity index (χ4n) is 2.26. The van der Waals surface area contributed by atoms with E-state index in [4.69, 9.17) is 4.74 Å². The van der Waals surface area contributed by atoms with Crippen LogP contribution in [0, 0.1) is 0 Å². The molecule has 4 heteroatoms. The van der Waals surface area contributed by atoms with Crippen molar-refractivity contribution >= 4 is 21.6 Å². The molecule has 2 rings (SSSR count). The Hall–Kier alpha value is -0.740. The van der Waals surface area contributed by atoms with Crippen LogP contribution in [0.4, 0.5) is 5.69 Å². The Morgan fingerprint density at radius 1 is 1.29 bits per heavy atom. The summed E-state index contributed by atoms with van der Waals surface area (Å²) >= 11 is 3.45. The normalized spacial score (nSPS) is 24.4. The molecule has 1 aromatic rings. The summed E-state index contributed by atoms with van der Waals surface area (Å²) in [6.07, 6.45) is 3.98. The van der Waals surface area contributed by atoms with Gasteiger partial charge in [0.1, 0.15) is 5.75 Å². The van der Waals surface area contributed by atoms with Gasteiger partial charge in [0.15, 0.2) is 0 Å². The van der Waals surface area contributed by atoms with Crippen LogP contribution in [0.2, 0.25) is 0 Å². The third-order valence-electron chi connectivity index (χ3n) is 3.19. The highest BCUT2D eigenvalue weighted by molar-refractivity contribution is 9.10. The first-order chi connectivity index (χ1) is 8.19. The van der Waals surface area contributed by atoms with E-state index in [1.165, 1.54) is 6.42 Å². The first-order valence-electron chi connectivity index (χ1n) is 5.98. The lowest BCUT2D eigenvalue weighted by Gasteiger charge is -2.29. The van der Waals surface area contributed by atoms with E-state index < -0.39 is 0 Å². The maximum atomic E-state index is 9.92. The van der Waals surface area contributed by atoms with Gasteiger partial charge in [-0.1, -0.05) is 28.8 Å². The zero-order valence-corrected chi connectivity index (χ0v) is 11.5. The molecular formula is C13H18BrNO2. The topological polar surface area (TPSA) is 41.5 Å². The Morgan fingerprint density at radius 3 is 2.76 bits per heavy atom. The van der Waals surface area contributed by atoms with Crippen molar-refractivity contribution in [3.05, 3.63) is 22.7 Å². The first kappa shape index (κ1) is 12.7.